The van der Waals surface area contributed by atoms with Gasteiger partial charge in [0.25, 0.3) is 5.91 Å². The molecular weight excluding hydrogens is 478 g/mol. The molecule has 2 aromatic carbocycles. The lowest BCUT2D eigenvalue weighted by molar-refractivity contribution is 0.0980. The Morgan fingerprint density at radius 1 is 1.14 bits per heavy atom. The minimum absolute atomic E-state index is 0.215. The highest BCUT2D eigenvalue weighted by molar-refractivity contribution is 7.97. The number of rotatable bonds is 9. The lowest BCUT2D eigenvalue weighted by Crippen LogP contribution is -2.19. The van der Waals surface area contributed by atoms with Crippen LogP contribution in [0.3, 0.4) is 0 Å². The Balaban J connectivity index is 1.56. The molecule has 1 N–H and O–H groups in total. The maximum atomic E-state index is 12.4. The second-order valence-corrected chi connectivity index (χ2v) is 9.37. The number of nitrogens with zero attached hydrogens (tertiary/aromatic N) is 4. The van der Waals surface area contributed by atoms with Gasteiger partial charge >= 0.3 is 0 Å². The van der Waals surface area contributed by atoms with Crippen molar-refractivity contribution in [1.82, 2.24) is 14.7 Å². The lowest BCUT2D eigenvalue weighted by Gasteiger charge is -2.22. The van der Waals surface area contributed by atoms with E-state index in [4.69, 9.17) is 4.74 Å². The highest BCUT2D eigenvalue weighted by Crippen LogP contribution is 2.33. The average molecular weight is 502 g/mol. The van der Waals surface area contributed by atoms with Gasteiger partial charge < -0.3 is 9.64 Å². The molecule has 0 bridgehead atoms. The third-order valence-corrected chi connectivity index (χ3v) is 6.51. The summed E-state index contributed by atoms with van der Waals surface area (Å²) >= 11 is 2.70. The summed E-state index contributed by atoms with van der Waals surface area (Å²) < 4.78 is 8.61. The highest BCUT2D eigenvalue weighted by atomic mass is 32.2. The Kier molecular flexibility index (Phi) is 7.98. The van der Waals surface area contributed by atoms with E-state index in [2.05, 4.69) is 20.8 Å². The topological polar surface area (TPSA) is 91.1 Å². The first-order chi connectivity index (χ1) is 17.1. The van der Waals surface area contributed by atoms with Crippen LogP contribution < -0.4 is 14.4 Å². The number of aromatic nitrogens is 2. The number of anilines is 2. The largest absolute Gasteiger partial charge is 0.489 e. The summed E-state index contributed by atoms with van der Waals surface area (Å²) in [7, 11) is 0. The summed E-state index contributed by atoms with van der Waals surface area (Å²) in [4.78, 5) is 24.1. The molecule has 0 aliphatic rings. The first kappa shape index (κ1) is 24.3. The molecule has 9 heteroatoms. The number of carbonyl (C=O) groups is 1. The van der Waals surface area contributed by atoms with Crippen molar-refractivity contribution >= 4 is 40.0 Å². The first-order valence-electron chi connectivity index (χ1n) is 10.8. The summed E-state index contributed by atoms with van der Waals surface area (Å²) in [6.07, 6.45) is 5.32. The molecule has 0 aliphatic carbocycles. The first-order valence-corrected chi connectivity index (χ1v) is 12.8. The second-order valence-electron chi connectivity index (χ2n) is 7.58. The van der Waals surface area contributed by atoms with Crippen LogP contribution in [0.15, 0.2) is 73.1 Å². The van der Waals surface area contributed by atoms with Gasteiger partial charge in [-0.1, -0.05) is 30.1 Å². The molecule has 0 aliphatic heterocycles. The van der Waals surface area contributed by atoms with Crippen molar-refractivity contribution in [1.29, 1.82) is 5.26 Å². The van der Waals surface area contributed by atoms with E-state index >= 15 is 0 Å². The number of hydrogen-bond donors (Lipinski definition) is 1. The Hall–Kier alpha value is -3.87. The van der Waals surface area contributed by atoms with Crippen molar-refractivity contribution in [2.45, 2.75) is 20.1 Å². The van der Waals surface area contributed by atoms with Gasteiger partial charge in [-0.3, -0.25) is 14.5 Å². The number of nitrogens with one attached hydrogen (secondary N) is 1. The molecule has 0 unspecified atom stereocenters. The summed E-state index contributed by atoms with van der Waals surface area (Å²) in [5, 5.41) is 9.88. The van der Waals surface area contributed by atoms with Crippen molar-refractivity contribution in [3.8, 4) is 11.8 Å². The molecule has 0 fully saturated rings. The molecule has 4 rings (SSSR count). The lowest BCUT2D eigenvalue weighted by atomic mass is 10.1. The Morgan fingerprint density at radius 3 is 2.57 bits per heavy atom. The molecule has 4 aromatic rings. The maximum Gasteiger partial charge on any atom is 0.280 e. The van der Waals surface area contributed by atoms with E-state index < -0.39 is 0 Å². The van der Waals surface area contributed by atoms with Crippen molar-refractivity contribution < 1.29 is 9.53 Å². The zero-order chi connectivity index (χ0) is 24.6. The van der Waals surface area contributed by atoms with Crippen LogP contribution in [-0.4, -0.2) is 22.1 Å². The summed E-state index contributed by atoms with van der Waals surface area (Å²) in [6.45, 7) is 2.87. The summed E-state index contributed by atoms with van der Waals surface area (Å²) in [6, 6.07) is 21.2. The van der Waals surface area contributed by atoms with E-state index in [0.717, 1.165) is 27.4 Å². The summed E-state index contributed by atoms with van der Waals surface area (Å²) in [5.74, 6) is 0.552. The SMILES string of the molecule is CSNC(=O)c1nc(N(Cc2ccc(OCc3cccnc3)cc2)c2ccc(C#N)cc2)sc1C. The van der Waals surface area contributed by atoms with Gasteiger partial charge in [0.15, 0.2) is 5.13 Å². The van der Waals surface area contributed by atoms with Crippen LogP contribution >= 0.6 is 23.3 Å². The van der Waals surface area contributed by atoms with E-state index in [0.29, 0.717) is 29.5 Å². The van der Waals surface area contributed by atoms with Gasteiger partial charge in [0, 0.05) is 34.8 Å². The number of amides is 1. The fraction of sp³-hybridized carbons (Fsp3) is 0.154. The molecule has 0 saturated carbocycles. The van der Waals surface area contributed by atoms with E-state index in [9.17, 15) is 10.1 Å². The second kappa shape index (κ2) is 11.5. The van der Waals surface area contributed by atoms with Crippen molar-refractivity contribution in [3.63, 3.8) is 0 Å². The number of aryl methyl sites for hydroxylation is 1. The maximum absolute atomic E-state index is 12.4. The molecule has 0 saturated heterocycles. The van der Waals surface area contributed by atoms with E-state index in [-0.39, 0.29) is 5.91 Å². The molecule has 1 amide bonds. The predicted molar refractivity (Wildman–Crippen MR) is 140 cm³/mol. The van der Waals surface area contributed by atoms with Crippen LogP contribution in [0.4, 0.5) is 10.8 Å². The molecular formula is C26H23N5O2S2. The fourth-order valence-electron chi connectivity index (χ4n) is 3.36. The molecule has 35 heavy (non-hydrogen) atoms. The van der Waals surface area contributed by atoms with E-state index in [1.165, 1.54) is 23.3 Å². The van der Waals surface area contributed by atoms with Crippen molar-refractivity contribution in [2.75, 3.05) is 11.2 Å². The van der Waals surface area contributed by atoms with Gasteiger partial charge in [0.05, 0.1) is 18.2 Å². The van der Waals surface area contributed by atoms with Crippen LogP contribution in [0.2, 0.25) is 0 Å². The highest BCUT2D eigenvalue weighted by Gasteiger charge is 2.20. The van der Waals surface area contributed by atoms with E-state index in [1.807, 2.05) is 60.4 Å². The number of thiazole rings is 1. The Morgan fingerprint density at radius 2 is 1.91 bits per heavy atom. The molecule has 7 nitrogen and oxygen atoms in total. The average Bonchev–Trinajstić information content (AvgIpc) is 3.29. The Bertz CT molecular complexity index is 1320. The number of nitriles is 1. The van der Waals surface area contributed by atoms with Crippen molar-refractivity contribution in [3.05, 3.63) is 100 Å². The van der Waals surface area contributed by atoms with Crippen LogP contribution in [0.5, 0.6) is 5.75 Å². The van der Waals surface area contributed by atoms with Crippen LogP contribution in [0.25, 0.3) is 0 Å². The number of ether oxygens (including phenoxy) is 1. The normalized spacial score (nSPS) is 10.4. The molecule has 0 spiro atoms. The fourth-order valence-corrected chi connectivity index (χ4v) is 4.57. The molecule has 0 radical (unpaired) electrons. The number of benzene rings is 2. The van der Waals surface area contributed by atoms with E-state index in [1.54, 1.807) is 30.8 Å². The quantitative estimate of drug-likeness (QED) is 0.297. The molecule has 0 atom stereocenters. The zero-order valence-electron chi connectivity index (χ0n) is 19.3. The van der Waals surface area contributed by atoms with Crippen LogP contribution in [0, 0.1) is 18.3 Å². The predicted octanol–water partition coefficient (Wildman–Crippen LogP) is 5.64. The summed E-state index contributed by atoms with van der Waals surface area (Å²) in [5.41, 5.74) is 3.93. The van der Waals surface area contributed by atoms with Gasteiger partial charge in [-0.25, -0.2) is 4.98 Å². The van der Waals surface area contributed by atoms with Gasteiger partial charge in [-0.05, 0) is 55.0 Å². The smallest absolute Gasteiger partial charge is 0.280 e. The Labute approximate surface area is 212 Å². The number of pyridine rings is 1. The van der Waals surface area contributed by atoms with Crippen LogP contribution in [0.1, 0.15) is 32.1 Å². The third kappa shape index (κ3) is 6.18. The molecule has 176 valence electrons. The van der Waals surface area contributed by atoms with Crippen molar-refractivity contribution in [2.24, 2.45) is 0 Å². The monoisotopic (exact) mass is 501 g/mol. The minimum atomic E-state index is -0.215. The standard InChI is InChI=1S/C26H23N5O2S2/c1-18-24(25(32)30-34-2)29-26(35-18)31(22-9-5-19(14-27)6-10-22)16-20-7-11-23(12-8-20)33-17-21-4-3-13-28-15-21/h3-13,15H,16-17H2,1-2H3,(H,30,32). The number of carbonyl (C=O) groups excluding carboxylic acids is 1. The van der Waals surface area contributed by atoms with Crippen LogP contribution in [-0.2, 0) is 13.2 Å². The zero-order valence-corrected chi connectivity index (χ0v) is 20.9. The molecule has 2 heterocycles. The van der Waals surface area contributed by atoms with Gasteiger partial charge in [-0.15, -0.1) is 11.3 Å². The van der Waals surface area contributed by atoms with Gasteiger partial charge in [-0.2, -0.15) is 5.26 Å². The number of hydrogen-bond acceptors (Lipinski definition) is 8. The third-order valence-electron chi connectivity index (χ3n) is 5.13. The minimum Gasteiger partial charge on any atom is -0.489 e. The van der Waals surface area contributed by atoms with Gasteiger partial charge in [0.1, 0.15) is 18.1 Å². The van der Waals surface area contributed by atoms with Gasteiger partial charge in [0.2, 0.25) is 0 Å². The molecule has 2 aromatic heterocycles.